The minimum absolute atomic E-state index is 0.209. The maximum atomic E-state index is 6.18. The fraction of sp³-hybridized carbons (Fsp3) is 0.143. The monoisotopic (exact) mass is 351 g/mol. The Morgan fingerprint density at radius 3 is 3.14 bits per heavy atom. The maximum Gasteiger partial charge on any atom is 0.231 e. The van der Waals surface area contributed by atoms with Gasteiger partial charge in [-0.25, -0.2) is 9.97 Å². The fourth-order valence-corrected chi connectivity index (χ4v) is 4.07. The number of rotatable bonds is 3. The second-order valence-corrected chi connectivity index (χ2v) is 6.88. The van der Waals surface area contributed by atoms with E-state index in [-0.39, 0.29) is 6.79 Å². The first-order valence-corrected chi connectivity index (χ1v) is 8.66. The first kappa shape index (κ1) is 13.9. The van der Waals surface area contributed by atoms with E-state index in [1.165, 1.54) is 11.8 Å². The molecule has 4 rings (SSSR count). The largest absolute Gasteiger partial charge is 0.454 e. The number of halogens is 1. The zero-order valence-electron chi connectivity index (χ0n) is 11.2. The number of nitrogens with two attached hydrogens (primary N) is 1. The van der Waals surface area contributed by atoms with Gasteiger partial charge in [0.25, 0.3) is 0 Å². The highest BCUT2D eigenvalue weighted by Gasteiger charge is 2.18. The summed E-state index contributed by atoms with van der Waals surface area (Å²) in [6.07, 6.45) is 0. The first-order chi connectivity index (χ1) is 10.7. The molecule has 0 radical (unpaired) electrons. The van der Waals surface area contributed by atoms with Gasteiger partial charge in [0.15, 0.2) is 16.7 Å². The molecule has 1 aliphatic rings. The van der Waals surface area contributed by atoms with E-state index in [0.29, 0.717) is 33.2 Å². The molecular formula is C14H10ClN3O2S2. The van der Waals surface area contributed by atoms with Crippen molar-refractivity contribution < 1.29 is 9.47 Å². The molecule has 8 heteroatoms. The number of nitrogen functional groups attached to an aromatic ring is 1. The lowest BCUT2D eigenvalue weighted by Gasteiger charge is -2.05. The average Bonchev–Trinajstić information content (AvgIpc) is 3.13. The average molecular weight is 352 g/mol. The number of ether oxygens (including phenoxy) is 2. The van der Waals surface area contributed by atoms with Crippen LogP contribution in [0.15, 0.2) is 28.7 Å². The van der Waals surface area contributed by atoms with E-state index < -0.39 is 0 Å². The Hall–Kier alpha value is -1.70. The van der Waals surface area contributed by atoms with E-state index in [2.05, 4.69) is 9.97 Å². The smallest absolute Gasteiger partial charge is 0.231 e. The SMILES string of the molecule is Nc1nc(SCc2cc(Cl)c3c(c2)OCO3)nc2sccc12. The van der Waals surface area contributed by atoms with Gasteiger partial charge in [-0.3, -0.25) is 0 Å². The first-order valence-electron chi connectivity index (χ1n) is 6.42. The summed E-state index contributed by atoms with van der Waals surface area (Å²) in [5, 5.41) is 4.07. The summed E-state index contributed by atoms with van der Waals surface area (Å²) in [6.45, 7) is 0.209. The van der Waals surface area contributed by atoms with Crippen LogP contribution in [0.25, 0.3) is 10.2 Å². The van der Waals surface area contributed by atoms with Gasteiger partial charge >= 0.3 is 0 Å². The van der Waals surface area contributed by atoms with Gasteiger partial charge in [0.05, 0.1) is 10.4 Å². The fourth-order valence-electron chi connectivity index (χ4n) is 2.17. The van der Waals surface area contributed by atoms with Gasteiger partial charge in [-0.05, 0) is 29.1 Å². The Morgan fingerprint density at radius 1 is 1.32 bits per heavy atom. The quantitative estimate of drug-likeness (QED) is 0.569. The van der Waals surface area contributed by atoms with Crippen LogP contribution in [0, 0.1) is 0 Å². The molecule has 0 spiro atoms. The van der Waals surface area contributed by atoms with Crippen molar-refractivity contribution in [2.45, 2.75) is 10.9 Å². The Labute approximate surface area is 139 Å². The zero-order chi connectivity index (χ0) is 15.1. The Balaban J connectivity index is 1.58. The normalized spacial score (nSPS) is 13.0. The molecule has 1 aliphatic heterocycles. The molecule has 0 unspecified atom stereocenters. The third-order valence-electron chi connectivity index (χ3n) is 3.19. The zero-order valence-corrected chi connectivity index (χ0v) is 13.6. The molecule has 0 fully saturated rings. The van der Waals surface area contributed by atoms with Gasteiger partial charge in [-0.2, -0.15) is 0 Å². The van der Waals surface area contributed by atoms with Crippen LogP contribution in [-0.4, -0.2) is 16.8 Å². The van der Waals surface area contributed by atoms with Crippen molar-refractivity contribution in [1.29, 1.82) is 0 Å². The van der Waals surface area contributed by atoms with Crippen LogP contribution < -0.4 is 15.2 Å². The van der Waals surface area contributed by atoms with Crippen LogP contribution in [0.2, 0.25) is 5.02 Å². The number of benzene rings is 1. The molecule has 0 saturated heterocycles. The Morgan fingerprint density at radius 2 is 2.23 bits per heavy atom. The molecule has 22 heavy (non-hydrogen) atoms. The summed E-state index contributed by atoms with van der Waals surface area (Å²) in [6, 6.07) is 5.73. The van der Waals surface area contributed by atoms with Crippen LogP contribution in [-0.2, 0) is 5.75 Å². The third-order valence-corrected chi connectivity index (χ3v) is 5.19. The Kier molecular flexibility index (Phi) is 3.48. The Bertz CT molecular complexity index is 869. The number of thioether (sulfide) groups is 1. The van der Waals surface area contributed by atoms with Gasteiger partial charge in [-0.15, -0.1) is 11.3 Å². The van der Waals surface area contributed by atoms with Crippen LogP contribution in [0.4, 0.5) is 5.82 Å². The minimum Gasteiger partial charge on any atom is -0.454 e. The predicted octanol–water partition coefficient (Wildman–Crippen LogP) is 3.95. The second kappa shape index (κ2) is 5.49. The molecule has 3 aromatic rings. The van der Waals surface area contributed by atoms with Crippen molar-refractivity contribution in [3.63, 3.8) is 0 Å². The molecule has 112 valence electrons. The van der Waals surface area contributed by atoms with E-state index in [1.807, 2.05) is 23.6 Å². The highest BCUT2D eigenvalue weighted by atomic mass is 35.5. The lowest BCUT2D eigenvalue weighted by atomic mass is 10.2. The standard InChI is InChI=1S/C14H10ClN3O2S2/c15-9-3-7(4-10-11(9)20-6-19-10)5-22-14-17-12(16)8-1-2-21-13(8)18-14/h1-4H,5-6H2,(H2,16,17,18). The van der Waals surface area contributed by atoms with Crippen molar-refractivity contribution in [2.75, 3.05) is 12.5 Å². The van der Waals surface area contributed by atoms with Crippen molar-refractivity contribution in [1.82, 2.24) is 9.97 Å². The molecule has 2 N–H and O–H groups in total. The summed E-state index contributed by atoms with van der Waals surface area (Å²) in [5.74, 6) is 2.47. The molecule has 3 heterocycles. The maximum absolute atomic E-state index is 6.18. The van der Waals surface area contributed by atoms with E-state index in [4.69, 9.17) is 26.8 Å². The van der Waals surface area contributed by atoms with Gasteiger partial charge < -0.3 is 15.2 Å². The molecule has 0 atom stereocenters. The predicted molar refractivity (Wildman–Crippen MR) is 89.0 cm³/mol. The molecule has 0 saturated carbocycles. The van der Waals surface area contributed by atoms with E-state index >= 15 is 0 Å². The van der Waals surface area contributed by atoms with Gasteiger partial charge in [-0.1, -0.05) is 23.4 Å². The molecular weight excluding hydrogens is 342 g/mol. The van der Waals surface area contributed by atoms with Gasteiger partial charge in [0.1, 0.15) is 10.6 Å². The molecule has 5 nitrogen and oxygen atoms in total. The second-order valence-electron chi connectivity index (χ2n) is 4.63. The van der Waals surface area contributed by atoms with Crippen molar-refractivity contribution in [3.8, 4) is 11.5 Å². The van der Waals surface area contributed by atoms with Crippen LogP contribution in [0.3, 0.4) is 0 Å². The highest BCUT2D eigenvalue weighted by molar-refractivity contribution is 7.98. The third kappa shape index (κ3) is 2.45. The van der Waals surface area contributed by atoms with Crippen molar-refractivity contribution >= 4 is 50.7 Å². The number of thiophene rings is 1. The van der Waals surface area contributed by atoms with E-state index in [1.54, 1.807) is 11.3 Å². The van der Waals surface area contributed by atoms with Crippen LogP contribution in [0.1, 0.15) is 5.56 Å². The lowest BCUT2D eigenvalue weighted by molar-refractivity contribution is 0.174. The molecule has 0 bridgehead atoms. The lowest BCUT2D eigenvalue weighted by Crippen LogP contribution is -1.95. The highest BCUT2D eigenvalue weighted by Crippen LogP contribution is 2.40. The van der Waals surface area contributed by atoms with Crippen molar-refractivity contribution in [3.05, 3.63) is 34.2 Å². The molecule has 0 aliphatic carbocycles. The van der Waals surface area contributed by atoms with Crippen LogP contribution in [0.5, 0.6) is 11.5 Å². The van der Waals surface area contributed by atoms with Crippen LogP contribution >= 0.6 is 34.7 Å². The molecule has 2 aromatic heterocycles. The summed E-state index contributed by atoms with van der Waals surface area (Å²) in [7, 11) is 0. The number of nitrogens with zero attached hydrogens (tertiary/aromatic N) is 2. The molecule has 1 aromatic carbocycles. The summed E-state index contributed by atoms with van der Waals surface area (Å²) in [4.78, 5) is 9.74. The van der Waals surface area contributed by atoms with Gasteiger partial charge in [0, 0.05) is 5.75 Å². The number of hydrogen-bond donors (Lipinski definition) is 1. The molecule has 0 amide bonds. The van der Waals surface area contributed by atoms with E-state index in [0.717, 1.165) is 15.8 Å². The summed E-state index contributed by atoms with van der Waals surface area (Å²) < 4.78 is 10.7. The summed E-state index contributed by atoms with van der Waals surface area (Å²) in [5.41, 5.74) is 6.97. The topological polar surface area (TPSA) is 70.3 Å². The van der Waals surface area contributed by atoms with E-state index in [9.17, 15) is 0 Å². The number of fused-ring (bicyclic) bond motifs is 2. The number of anilines is 1. The number of hydrogen-bond acceptors (Lipinski definition) is 7. The summed E-state index contributed by atoms with van der Waals surface area (Å²) >= 11 is 9.24. The minimum atomic E-state index is 0.209. The van der Waals surface area contributed by atoms with Gasteiger partial charge in [0.2, 0.25) is 6.79 Å². The van der Waals surface area contributed by atoms with Crippen molar-refractivity contribution in [2.24, 2.45) is 0 Å². The number of aromatic nitrogens is 2.